The van der Waals surface area contributed by atoms with Crippen LogP contribution < -0.4 is 14.8 Å². The van der Waals surface area contributed by atoms with E-state index in [-0.39, 0.29) is 23.4 Å². The van der Waals surface area contributed by atoms with Crippen LogP contribution in [0.15, 0.2) is 47.4 Å². The smallest absolute Gasteiger partial charge is 0.243 e. The minimum Gasteiger partial charge on any atom is -0.497 e. The van der Waals surface area contributed by atoms with Crippen LogP contribution in [0.3, 0.4) is 0 Å². The zero-order valence-electron chi connectivity index (χ0n) is 19.6. The summed E-state index contributed by atoms with van der Waals surface area (Å²) in [5.74, 6) is 0.874. The fourth-order valence-electron chi connectivity index (χ4n) is 4.61. The number of hydrogen-bond acceptors (Lipinski definition) is 5. The highest BCUT2D eigenvalue weighted by molar-refractivity contribution is 7.89. The molecule has 2 aliphatic heterocycles. The number of aryl methyl sites for hydroxylation is 1. The molecular weight excluding hydrogens is 440 g/mol. The zero-order chi connectivity index (χ0) is 23.8. The number of ether oxygens (including phenoxy) is 2. The predicted molar refractivity (Wildman–Crippen MR) is 126 cm³/mol. The summed E-state index contributed by atoms with van der Waals surface area (Å²) in [7, 11) is -2.03. The van der Waals surface area contributed by atoms with Crippen LogP contribution in [0.5, 0.6) is 11.5 Å². The van der Waals surface area contributed by atoms with Crippen molar-refractivity contribution in [3.63, 3.8) is 0 Å². The van der Waals surface area contributed by atoms with Gasteiger partial charge in [0.2, 0.25) is 15.9 Å². The van der Waals surface area contributed by atoms with E-state index in [4.69, 9.17) is 9.47 Å². The summed E-state index contributed by atoms with van der Waals surface area (Å²) in [6.07, 6.45) is 1.93. The maximum Gasteiger partial charge on any atom is 0.243 e. The van der Waals surface area contributed by atoms with Crippen molar-refractivity contribution in [2.24, 2.45) is 5.92 Å². The van der Waals surface area contributed by atoms with Crippen molar-refractivity contribution in [1.82, 2.24) is 9.62 Å². The van der Waals surface area contributed by atoms with E-state index in [0.717, 1.165) is 11.1 Å². The first kappa shape index (κ1) is 23.6. The summed E-state index contributed by atoms with van der Waals surface area (Å²) in [5, 5.41) is 3.18. The number of carbonyl (C=O) groups is 1. The lowest BCUT2D eigenvalue weighted by molar-refractivity contribution is -0.127. The molecule has 1 N–H and O–H groups in total. The minimum absolute atomic E-state index is 0.122. The Labute approximate surface area is 196 Å². The van der Waals surface area contributed by atoms with Crippen molar-refractivity contribution in [2.45, 2.75) is 56.6 Å². The normalized spacial score (nSPS) is 22.7. The molecule has 2 aromatic rings. The van der Waals surface area contributed by atoms with Crippen molar-refractivity contribution >= 4 is 15.9 Å². The molecule has 2 atom stereocenters. The molecular formula is C25H32N2O5S. The van der Waals surface area contributed by atoms with Gasteiger partial charge in [-0.3, -0.25) is 4.79 Å². The predicted octanol–water partition coefficient (Wildman–Crippen LogP) is 3.82. The van der Waals surface area contributed by atoms with E-state index in [1.54, 1.807) is 31.4 Å². The van der Waals surface area contributed by atoms with Gasteiger partial charge in [0.15, 0.2) is 0 Å². The molecule has 2 aliphatic rings. The van der Waals surface area contributed by atoms with Gasteiger partial charge in [-0.15, -0.1) is 0 Å². The second kappa shape index (κ2) is 8.99. The Morgan fingerprint density at radius 1 is 1.18 bits per heavy atom. The molecule has 1 saturated heterocycles. The summed E-state index contributed by atoms with van der Waals surface area (Å²) >= 11 is 0. The fourth-order valence-corrected chi connectivity index (χ4v) is 6.14. The number of benzene rings is 2. The topological polar surface area (TPSA) is 84.9 Å². The highest BCUT2D eigenvalue weighted by Crippen LogP contribution is 2.41. The highest BCUT2D eigenvalue weighted by atomic mass is 32.2. The van der Waals surface area contributed by atoms with Crippen molar-refractivity contribution in [3.8, 4) is 11.5 Å². The van der Waals surface area contributed by atoms with Crippen molar-refractivity contribution < 1.29 is 22.7 Å². The quantitative estimate of drug-likeness (QED) is 0.715. The Morgan fingerprint density at radius 2 is 1.91 bits per heavy atom. The van der Waals surface area contributed by atoms with E-state index in [9.17, 15) is 13.2 Å². The Morgan fingerprint density at radius 3 is 2.61 bits per heavy atom. The summed E-state index contributed by atoms with van der Waals surface area (Å²) in [6.45, 7) is 6.51. The Balaban J connectivity index is 1.50. The van der Waals surface area contributed by atoms with Crippen LogP contribution in [0.1, 0.15) is 50.3 Å². The summed E-state index contributed by atoms with van der Waals surface area (Å²) < 4.78 is 39.1. The molecule has 0 aromatic heterocycles. The summed E-state index contributed by atoms with van der Waals surface area (Å²) in [4.78, 5) is 13.5. The van der Waals surface area contributed by atoms with Gasteiger partial charge < -0.3 is 14.8 Å². The molecule has 0 aliphatic carbocycles. The number of methoxy groups -OCH3 is 1. The van der Waals surface area contributed by atoms with Crippen LogP contribution in [-0.4, -0.2) is 44.4 Å². The van der Waals surface area contributed by atoms with Gasteiger partial charge >= 0.3 is 0 Å². The SMILES string of the molecule is COc1ccc2c(c1)OC(C)(C)C[C@@H]2NC(=O)[C@@H]1CCCN(S(=O)(=O)c2ccc(C)cc2)C1. The lowest BCUT2D eigenvalue weighted by Gasteiger charge is -2.39. The van der Waals surface area contributed by atoms with Gasteiger partial charge in [0.1, 0.15) is 17.1 Å². The third kappa shape index (κ3) is 5.01. The molecule has 2 heterocycles. The van der Waals surface area contributed by atoms with Gasteiger partial charge in [0.25, 0.3) is 0 Å². The van der Waals surface area contributed by atoms with E-state index >= 15 is 0 Å². The first-order chi connectivity index (χ1) is 15.6. The number of rotatable bonds is 5. The van der Waals surface area contributed by atoms with Crippen LogP contribution in [0.2, 0.25) is 0 Å². The standard InChI is InChI=1S/C25H32N2O5S/c1-17-7-10-20(11-8-17)33(29,30)27-13-5-6-18(16-27)24(28)26-22-15-25(2,3)32-23-14-19(31-4)9-12-21(22)23/h7-12,14,18,22H,5-6,13,15-16H2,1-4H3,(H,26,28)/t18-,22+/m1/s1. The maximum absolute atomic E-state index is 13.3. The van der Waals surface area contributed by atoms with Gasteiger partial charge in [-0.1, -0.05) is 17.7 Å². The van der Waals surface area contributed by atoms with Gasteiger partial charge in [-0.25, -0.2) is 8.42 Å². The second-order valence-corrected chi connectivity index (χ2v) is 11.5. The number of sulfonamides is 1. The largest absolute Gasteiger partial charge is 0.497 e. The number of amides is 1. The monoisotopic (exact) mass is 472 g/mol. The second-order valence-electron chi connectivity index (χ2n) is 9.55. The lowest BCUT2D eigenvalue weighted by Crippen LogP contribution is -2.48. The molecule has 33 heavy (non-hydrogen) atoms. The van der Waals surface area contributed by atoms with Gasteiger partial charge in [-0.05, 0) is 57.9 Å². The third-order valence-electron chi connectivity index (χ3n) is 6.41. The van der Waals surface area contributed by atoms with Crippen molar-refractivity contribution in [3.05, 3.63) is 53.6 Å². The van der Waals surface area contributed by atoms with E-state index in [0.29, 0.717) is 37.3 Å². The molecule has 0 radical (unpaired) electrons. The fraction of sp³-hybridized carbons (Fsp3) is 0.480. The molecule has 4 rings (SSSR count). The molecule has 0 unspecified atom stereocenters. The molecule has 1 amide bonds. The minimum atomic E-state index is -3.63. The van der Waals surface area contributed by atoms with Crippen LogP contribution in [0.4, 0.5) is 0 Å². The first-order valence-electron chi connectivity index (χ1n) is 11.3. The van der Waals surface area contributed by atoms with Gasteiger partial charge in [0, 0.05) is 31.1 Å². The average molecular weight is 473 g/mol. The Bertz CT molecular complexity index is 1130. The summed E-state index contributed by atoms with van der Waals surface area (Å²) in [5.41, 5.74) is 1.45. The number of piperidine rings is 1. The van der Waals surface area contributed by atoms with E-state index in [1.165, 1.54) is 4.31 Å². The maximum atomic E-state index is 13.3. The molecule has 2 aromatic carbocycles. The van der Waals surface area contributed by atoms with Crippen LogP contribution in [0, 0.1) is 12.8 Å². The number of nitrogens with zero attached hydrogens (tertiary/aromatic N) is 1. The molecule has 7 nitrogen and oxygen atoms in total. The van der Waals surface area contributed by atoms with Crippen LogP contribution >= 0.6 is 0 Å². The van der Waals surface area contributed by atoms with E-state index in [1.807, 2.05) is 39.0 Å². The van der Waals surface area contributed by atoms with Gasteiger partial charge in [0.05, 0.1) is 24.0 Å². The molecule has 1 fully saturated rings. The van der Waals surface area contributed by atoms with Crippen LogP contribution in [-0.2, 0) is 14.8 Å². The first-order valence-corrected chi connectivity index (χ1v) is 12.8. The van der Waals surface area contributed by atoms with Gasteiger partial charge in [-0.2, -0.15) is 4.31 Å². The van der Waals surface area contributed by atoms with E-state index in [2.05, 4.69) is 5.32 Å². The lowest BCUT2D eigenvalue weighted by atomic mass is 9.88. The summed E-state index contributed by atoms with van der Waals surface area (Å²) in [6, 6.07) is 12.2. The van der Waals surface area contributed by atoms with E-state index < -0.39 is 21.5 Å². The highest BCUT2D eigenvalue weighted by Gasteiger charge is 2.38. The average Bonchev–Trinajstić information content (AvgIpc) is 2.78. The number of nitrogens with one attached hydrogen (secondary N) is 1. The third-order valence-corrected chi connectivity index (χ3v) is 8.29. The number of fused-ring (bicyclic) bond motifs is 1. The Kier molecular flexibility index (Phi) is 6.42. The number of carbonyl (C=O) groups excluding carboxylic acids is 1. The molecule has 178 valence electrons. The Hall–Kier alpha value is -2.58. The molecule has 0 bridgehead atoms. The molecule has 8 heteroatoms. The van der Waals surface area contributed by atoms with Crippen molar-refractivity contribution in [1.29, 1.82) is 0 Å². The van der Waals surface area contributed by atoms with Crippen LogP contribution in [0.25, 0.3) is 0 Å². The zero-order valence-corrected chi connectivity index (χ0v) is 20.4. The molecule has 0 spiro atoms. The molecule has 0 saturated carbocycles. The van der Waals surface area contributed by atoms with Crippen molar-refractivity contribution in [2.75, 3.05) is 20.2 Å². The number of hydrogen-bond donors (Lipinski definition) is 1.